The minimum absolute atomic E-state index is 0.0940. The zero-order valence-electron chi connectivity index (χ0n) is 18.6. The number of ketones is 1. The van der Waals surface area contributed by atoms with E-state index in [-0.39, 0.29) is 18.1 Å². The summed E-state index contributed by atoms with van der Waals surface area (Å²) < 4.78 is 11.7. The monoisotopic (exact) mass is 408 g/mol. The Morgan fingerprint density at radius 2 is 1.90 bits per heavy atom. The molecule has 4 nitrogen and oxygen atoms in total. The van der Waals surface area contributed by atoms with Crippen LogP contribution in [0, 0.1) is 12.3 Å². The van der Waals surface area contributed by atoms with Crippen molar-refractivity contribution in [3.05, 3.63) is 59.4 Å². The highest BCUT2D eigenvalue weighted by atomic mass is 16.5. The van der Waals surface area contributed by atoms with Gasteiger partial charge in [0.25, 0.3) is 0 Å². The average Bonchev–Trinajstić information content (AvgIpc) is 3.08. The Labute approximate surface area is 178 Å². The standard InChI is InChI=1S/C26H32O4/c1-6-18(8-11-22-14-20-7-10-21(27)15-24(20)30-22)19-9-12-23(17(2)13-19)29-16-25(28)26(3,4)5/h7,9-10,12-15,18,27H,6,8,11,16H2,1-5H3. The number of hydrogen-bond acceptors (Lipinski definition) is 4. The zero-order valence-corrected chi connectivity index (χ0v) is 18.6. The Hall–Kier alpha value is -2.75. The Kier molecular flexibility index (Phi) is 6.55. The molecular formula is C26H32O4. The van der Waals surface area contributed by atoms with Gasteiger partial charge in [-0.15, -0.1) is 0 Å². The normalized spacial score (nSPS) is 12.8. The van der Waals surface area contributed by atoms with Crippen molar-refractivity contribution in [3.8, 4) is 11.5 Å². The van der Waals surface area contributed by atoms with Crippen molar-refractivity contribution in [3.63, 3.8) is 0 Å². The number of rotatable bonds is 8. The van der Waals surface area contributed by atoms with Gasteiger partial charge < -0.3 is 14.3 Å². The van der Waals surface area contributed by atoms with Gasteiger partial charge in [-0.1, -0.05) is 39.8 Å². The highest BCUT2D eigenvalue weighted by Gasteiger charge is 2.22. The van der Waals surface area contributed by atoms with Crippen molar-refractivity contribution in [1.82, 2.24) is 0 Å². The summed E-state index contributed by atoms with van der Waals surface area (Å²) in [6.45, 7) is 10.0. The van der Waals surface area contributed by atoms with Crippen LogP contribution in [0.2, 0.25) is 0 Å². The van der Waals surface area contributed by atoms with Gasteiger partial charge in [-0.3, -0.25) is 4.79 Å². The average molecular weight is 409 g/mol. The summed E-state index contributed by atoms with van der Waals surface area (Å²) in [6, 6.07) is 13.5. The number of aromatic hydroxyl groups is 1. The predicted molar refractivity (Wildman–Crippen MR) is 120 cm³/mol. The van der Waals surface area contributed by atoms with Crippen molar-refractivity contribution in [2.24, 2.45) is 5.41 Å². The van der Waals surface area contributed by atoms with Crippen LogP contribution in [0.5, 0.6) is 11.5 Å². The third kappa shape index (κ3) is 5.24. The zero-order chi connectivity index (χ0) is 21.9. The topological polar surface area (TPSA) is 59.7 Å². The molecule has 0 saturated carbocycles. The van der Waals surface area contributed by atoms with Crippen molar-refractivity contribution in [1.29, 1.82) is 0 Å². The first kappa shape index (κ1) is 21.9. The molecular weight excluding hydrogens is 376 g/mol. The van der Waals surface area contributed by atoms with Crippen LogP contribution >= 0.6 is 0 Å². The van der Waals surface area contributed by atoms with Crippen molar-refractivity contribution in [2.45, 2.75) is 59.8 Å². The number of carbonyl (C=O) groups excluding carboxylic acids is 1. The molecule has 0 spiro atoms. The first-order chi connectivity index (χ1) is 14.2. The number of Topliss-reactive ketones (excluding diaryl/α,β-unsaturated/α-hetero) is 1. The SMILES string of the molecule is CCC(CCc1cc2ccc(O)cc2o1)c1ccc(OCC(=O)C(C)(C)C)c(C)c1. The molecule has 3 rings (SSSR count). The van der Waals surface area contributed by atoms with Gasteiger partial charge in [0.05, 0.1) is 0 Å². The molecule has 160 valence electrons. The van der Waals surface area contributed by atoms with Gasteiger partial charge in [-0.05, 0) is 61.1 Å². The number of ether oxygens (including phenoxy) is 1. The molecule has 0 bridgehead atoms. The second kappa shape index (κ2) is 8.95. The molecule has 0 amide bonds. The number of benzene rings is 2. The van der Waals surface area contributed by atoms with Gasteiger partial charge in [0.1, 0.15) is 29.4 Å². The number of hydrogen-bond donors (Lipinski definition) is 1. The number of phenolic OH excluding ortho intramolecular Hbond substituents is 1. The largest absolute Gasteiger partial charge is 0.508 e. The summed E-state index contributed by atoms with van der Waals surface area (Å²) in [7, 11) is 0. The maximum Gasteiger partial charge on any atom is 0.175 e. The van der Waals surface area contributed by atoms with Gasteiger partial charge in [-0.25, -0.2) is 0 Å². The minimum Gasteiger partial charge on any atom is -0.508 e. The van der Waals surface area contributed by atoms with Gasteiger partial charge in [-0.2, -0.15) is 0 Å². The Bertz CT molecular complexity index is 1020. The van der Waals surface area contributed by atoms with E-state index in [1.54, 1.807) is 12.1 Å². The van der Waals surface area contributed by atoms with Gasteiger partial charge in [0.15, 0.2) is 5.78 Å². The summed E-state index contributed by atoms with van der Waals surface area (Å²) in [5.74, 6) is 2.43. The van der Waals surface area contributed by atoms with Gasteiger partial charge >= 0.3 is 0 Å². The maximum atomic E-state index is 12.1. The van der Waals surface area contributed by atoms with E-state index >= 15 is 0 Å². The molecule has 1 atom stereocenters. The first-order valence-corrected chi connectivity index (χ1v) is 10.7. The van der Waals surface area contributed by atoms with Crippen LogP contribution in [-0.4, -0.2) is 17.5 Å². The van der Waals surface area contributed by atoms with Crippen LogP contribution in [0.4, 0.5) is 0 Å². The summed E-state index contributed by atoms with van der Waals surface area (Å²) in [5.41, 5.74) is 2.65. The van der Waals surface area contributed by atoms with E-state index in [9.17, 15) is 9.90 Å². The van der Waals surface area contributed by atoms with Gasteiger partial charge in [0, 0.05) is 23.3 Å². The number of carbonyl (C=O) groups is 1. The Balaban J connectivity index is 1.65. The van der Waals surface area contributed by atoms with Crippen LogP contribution in [0.15, 0.2) is 46.9 Å². The van der Waals surface area contributed by atoms with Crippen LogP contribution in [-0.2, 0) is 11.2 Å². The smallest absolute Gasteiger partial charge is 0.175 e. The van der Waals surface area contributed by atoms with Crippen LogP contribution in [0.3, 0.4) is 0 Å². The quantitative estimate of drug-likeness (QED) is 0.458. The summed E-state index contributed by atoms with van der Waals surface area (Å²) in [4.78, 5) is 12.1. The third-order valence-electron chi connectivity index (χ3n) is 5.65. The van der Waals surface area contributed by atoms with E-state index in [2.05, 4.69) is 25.1 Å². The minimum atomic E-state index is -0.392. The molecule has 1 aromatic heterocycles. The lowest BCUT2D eigenvalue weighted by Gasteiger charge is -2.19. The molecule has 3 aromatic rings. The molecule has 1 heterocycles. The molecule has 0 radical (unpaired) electrons. The molecule has 0 aliphatic heterocycles. The molecule has 2 aromatic carbocycles. The van der Waals surface area contributed by atoms with Crippen molar-refractivity contribution in [2.75, 3.05) is 6.61 Å². The van der Waals surface area contributed by atoms with Crippen molar-refractivity contribution >= 4 is 16.8 Å². The number of phenols is 1. The van der Waals surface area contributed by atoms with E-state index in [0.29, 0.717) is 5.92 Å². The number of aryl methyl sites for hydroxylation is 2. The van der Waals surface area contributed by atoms with Crippen LogP contribution < -0.4 is 4.74 Å². The van der Waals surface area contributed by atoms with E-state index < -0.39 is 5.41 Å². The molecule has 1 unspecified atom stereocenters. The predicted octanol–water partition coefficient (Wildman–Crippen LogP) is 6.57. The summed E-state index contributed by atoms with van der Waals surface area (Å²) in [6.07, 6.45) is 2.85. The summed E-state index contributed by atoms with van der Waals surface area (Å²) in [5, 5.41) is 10.6. The highest BCUT2D eigenvalue weighted by Crippen LogP contribution is 2.31. The molecule has 4 heteroatoms. The second-order valence-corrected chi connectivity index (χ2v) is 9.07. The van der Waals surface area contributed by atoms with E-state index in [4.69, 9.17) is 9.15 Å². The molecule has 30 heavy (non-hydrogen) atoms. The fourth-order valence-electron chi connectivity index (χ4n) is 3.57. The fourth-order valence-corrected chi connectivity index (χ4v) is 3.57. The molecule has 1 N–H and O–H groups in total. The van der Waals surface area contributed by atoms with E-state index in [0.717, 1.165) is 47.3 Å². The molecule has 0 fully saturated rings. The maximum absolute atomic E-state index is 12.1. The van der Waals surface area contributed by atoms with Gasteiger partial charge in [0.2, 0.25) is 0 Å². The number of furan rings is 1. The Morgan fingerprint density at radius 3 is 2.57 bits per heavy atom. The van der Waals surface area contributed by atoms with Crippen LogP contribution in [0.1, 0.15) is 63.3 Å². The Morgan fingerprint density at radius 1 is 1.13 bits per heavy atom. The molecule has 0 saturated heterocycles. The lowest BCUT2D eigenvalue weighted by Crippen LogP contribution is -2.26. The van der Waals surface area contributed by atoms with E-state index in [1.807, 2.05) is 39.8 Å². The third-order valence-corrected chi connectivity index (χ3v) is 5.65. The molecule has 0 aliphatic rings. The summed E-state index contributed by atoms with van der Waals surface area (Å²) >= 11 is 0. The van der Waals surface area contributed by atoms with E-state index in [1.165, 1.54) is 5.56 Å². The highest BCUT2D eigenvalue weighted by molar-refractivity contribution is 5.85. The first-order valence-electron chi connectivity index (χ1n) is 10.7. The lowest BCUT2D eigenvalue weighted by atomic mass is 9.90. The van der Waals surface area contributed by atoms with Crippen molar-refractivity contribution < 1.29 is 19.1 Å². The molecule has 0 aliphatic carbocycles. The lowest BCUT2D eigenvalue weighted by molar-refractivity contribution is -0.128. The number of fused-ring (bicyclic) bond motifs is 1. The fraction of sp³-hybridized carbons (Fsp3) is 0.423. The van der Waals surface area contributed by atoms with Crippen LogP contribution in [0.25, 0.3) is 11.0 Å². The second-order valence-electron chi connectivity index (χ2n) is 9.07.